The molecule has 8 aromatic rings. The topological polar surface area (TPSA) is 52.8 Å². The minimum absolute atomic E-state index is 0.0583. The Hall–Kier alpha value is -6.59. The van der Waals surface area contributed by atoms with Gasteiger partial charge in [0.2, 0.25) is 0 Å². The third-order valence-electron chi connectivity index (χ3n) is 11.4. The fourth-order valence-corrected chi connectivity index (χ4v) is 8.91. The van der Waals surface area contributed by atoms with E-state index < -0.39 is 0 Å². The highest BCUT2D eigenvalue weighted by atomic mass is 16.5. The maximum absolute atomic E-state index is 7.13. The van der Waals surface area contributed by atoms with E-state index in [-0.39, 0.29) is 17.4 Å². The molecule has 2 atom stereocenters. The fourth-order valence-electron chi connectivity index (χ4n) is 8.91. The Kier molecular flexibility index (Phi) is 6.36. The van der Waals surface area contributed by atoms with Crippen LogP contribution in [0, 0.1) is 0 Å². The molecule has 5 nitrogen and oxygen atoms in total. The van der Waals surface area contributed by atoms with E-state index in [1.807, 2.05) is 18.2 Å². The molecule has 3 heterocycles. The van der Waals surface area contributed by atoms with Gasteiger partial charge in [0.25, 0.3) is 0 Å². The first-order valence-corrected chi connectivity index (χ1v) is 18.3. The van der Waals surface area contributed by atoms with E-state index in [4.69, 9.17) is 19.7 Å². The van der Waals surface area contributed by atoms with Gasteiger partial charge in [-0.15, -0.1) is 0 Å². The lowest BCUT2D eigenvalue weighted by Crippen LogP contribution is -2.15. The second-order valence-corrected chi connectivity index (χ2v) is 14.7. The van der Waals surface area contributed by atoms with Crippen LogP contribution in [0.1, 0.15) is 53.8 Å². The fraction of sp³-hybridized carbons (Fsp3) is 0.104. The normalized spacial score (nSPS) is 17.1. The van der Waals surface area contributed by atoms with Crippen LogP contribution in [-0.2, 0) is 5.41 Å². The average molecular weight is 683 g/mol. The van der Waals surface area contributed by atoms with Gasteiger partial charge in [0.05, 0.1) is 16.8 Å². The van der Waals surface area contributed by atoms with Crippen molar-refractivity contribution in [3.63, 3.8) is 0 Å². The molecule has 53 heavy (non-hydrogen) atoms. The SMILES string of the molecule is CC1(C)c2ccccc2-c2ccc(-c3nc(-c4ccccc4)nc(-c4cccc5c4OC4c6c(n(-c7ccccc7)c7ccccc67)C=CC54)n3)cc21. The van der Waals surface area contributed by atoms with Gasteiger partial charge in [0.15, 0.2) is 17.5 Å². The van der Waals surface area contributed by atoms with Crippen molar-refractivity contribution < 1.29 is 4.74 Å². The van der Waals surface area contributed by atoms with Gasteiger partial charge in [-0.2, -0.15) is 0 Å². The van der Waals surface area contributed by atoms with E-state index >= 15 is 0 Å². The summed E-state index contributed by atoms with van der Waals surface area (Å²) in [5, 5.41) is 1.20. The highest BCUT2D eigenvalue weighted by Gasteiger charge is 2.42. The summed E-state index contributed by atoms with van der Waals surface area (Å²) in [6.07, 6.45) is 4.40. The number of rotatable bonds is 4. The summed E-state index contributed by atoms with van der Waals surface area (Å²) in [7, 11) is 0. The summed E-state index contributed by atoms with van der Waals surface area (Å²) >= 11 is 0. The lowest BCUT2D eigenvalue weighted by Gasteiger charge is -2.22. The number of benzene rings is 6. The quantitative estimate of drug-likeness (QED) is 0.185. The number of aromatic nitrogens is 4. The van der Waals surface area contributed by atoms with E-state index in [1.54, 1.807) is 0 Å². The van der Waals surface area contributed by atoms with Gasteiger partial charge in [-0.05, 0) is 58.7 Å². The molecule has 0 N–H and O–H groups in total. The second-order valence-electron chi connectivity index (χ2n) is 14.7. The molecular formula is C48H34N4O. The van der Waals surface area contributed by atoms with Crippen molar-refractivity contribution in [2.45, 2.75) is 31.3 Å². The molecule has 0 spiro atoms. The molecule has 2 aromatic heterocycles. The molecule has 2 aliphatic carbocycles. The monoisotopic (exact) mass is 682 g/mol. The third-order valence-corrected chi connectivity index (χ3v) is 11.4. The highest BCUT2D eigenvalue weighted by Crippen LogP contribution is 2.55. The number of hydrogen-bond acceptors (Lipinski definition) is 4. The number of nitrogens with zero attached hydrogens (tertiary/aromatic N) is 4. The summed E-state index contributed by atoms with van der Waals surface area (Å²) < 4.78 is 9.48. The van der Waals surface area contributed by atoms with Crippen molar-refractivity contribution in [3.8, 4) is 56.7 Å². The van der Waals surface area contributed by atoms with Crippen molar-refractivity contribution in [2.75, 3.05) is 0 Å². The predicted octanol–water partition coefficient (Wildman–Crippen LogP) is 11.4. The van der Waals surface area contributed by atoms with Gasteiger partial charge < -0.3 is 9.30 Å². The zero-order valence-electron chi connectivity index (χ0n) is 29.4. The van der Waals surface area contributed by atoms with Crippen LogP contribution in [-0.4, -0.2) is 19.5 Å². The zero-order valence-corrected chi connectivity index (χ0v) is 29.4. The first-order chi connectivity index (χ1) is 26.0. The third kappa shape index (κ3) is 4.40. The molecule has 0 amide bonds. The first kappa shape index (κ1) is 30.1. The maximum atomic E-state index is 7.13. The molecule has 11 rings (SSSR count). The van der Waals surface area contributed by atoms with Crippen LogP contribution in [0.4, 0.5) is 0 Å². The molecule has 2 unspecified atom stereocenters. The van der Waals surface area contributed by atoms with Gasteiger partial charge in [0.1, 0.15) is 11.9 Å². The Balaban J connectivity index is 1.06. The van der Waals surface area contributed by atoms with Crippen molar-refractivity contribution in [3.05, 3.63) is 180 Å². The molecule has 0 saturated carbocycles. The van der Waals surface area contributed by atoms with E-state index in [1.165, 1.54) is 38.7 Å². The molecule has 5 heteroatoms. The summed E-state index contributed by atoms with van der Waals surface area (Å²) in [6, 6.07) is 51.2. The van der Waals surface area contributed by atoms with Crippen LogP contribution >= 0.6 is 0 Å². The van der Waals surface area contributed by atoms with Gasteiger partial charge >= 0.3 is 0 Å². The zero-order chi connectivity index (χ0) is 35.3. The largest absolute Gasteiger partial charge is 0.484 e. The Morgan fingerprint density at radius 1 is 0.585 bits per heavy atom. The van der Waals surface area contributed by atoms with Crippen LogP contribution in [0.15, 0.2) is 152 Å². The molecule has 0 bridgehead atoms. The van der Waals surface area contributed by atoms with Gasteiger partial charge in [0, 0.05) is 44.7 Å². The first-order valence-electron chi connectivity index (χ1n) is 18.3. The Morgan fingerprint density at radius 3 is 2.11 bits per heavy atom. The van der Waals surface area contributed by atoms with Crippen LogP contribution in [0.25, 0.3) is 68.0 Å². The van der Waals surface area contributed by atoms with Gasteiger partial charge in [-0.25, -0.2) is 15.0 Å². The average Bonchev–Trinajstić information content (AvgIpc) is 3.84. The molecule has 0 saturated heterocycles. The Labute approximate surface area is 307 Å². The number of para-hydroxylation sites is 3. The molecule has 0 radical (unpaired) electrons. The van der Waals surface area contributed by atoms with Crippen LogP contribution in [0.5, 0.6) is 5.75 Å². The van der Waals surface area contributed by atoms with Crippen molar-refractivity contribution in [1.82, 2.24) is 19.5 Å². The van der Waals surface area contributed by atoms with Crippen LogP contribution < -0.4 is 4.74 Å². The molecule has 1 aliphatic heterocycles. The maximum Gasteiger partial charge on any atom is 0.167 e. The molecule has 252 valence electrons. The smallest absolute Gasteiger partial charge is 0.167 e. The Morgan fingerprint density at radius 2 is 1.26 bits per heavy atom. The van der Waals surface area contributed by atoms with E-state index in [0.29, 0.717) is 17.5 Å². The second kappa shape index (κ2) is 11.2. The highest BCUT2D eigenvalue weighted by molar-refractivity contribution is 5.92. The van der Waals surface area contributed by atoms with Gasteiger partial charge in [-0.1, -0.05) is 135 Å². The number of hydrogen-bond donors (Lipinski definition) is 0. The lowest BCUT2D eigenvalue weighted by atomic mass is 9.82. The van der Waals surface area contributed by atoms with Crippen molar-refractivity contribution >= 4 is 17.0 Å². The van der Waals surface area contributed by atoms with Crippen LogP contribution in [0.3, 0.4) is 0 Å². The molecule has 3 aliphatic rings. The number of ether oxygens (including phenoxy) is 1. The van der Waals surface area contributed by atoms with E-state index in [0.717, 1.165) is 39.4 Å². The predicted molar refractivity (Wildman–Crippen MR) is 212 cm³/mol. The standard InChI is InChI=1S/C48H34N4O/c1-48(2)38-22-11-9-18-32(38)33-25-24-30(28-39(33)48)46-49-45(29-14-5-3-6-15-29)50-47(51-46)37-21-13-20-34-35-26-27-41-42(44(35)53-43(34)37)36-19-10-12-23-40(36)52(41)31-16-7-4-8-17-31/h3-28,35,44H,1-2H3. The minimum atomic E-state index is -0.184. The summed E-state index contributed by atoms with van der Waals surface area (Å²) in [5.74, 6) is 2.77. The molecular weight excluding hydrogens is 649 g/mol. The van der Waals surface area contributed by atoms with Crippen molar-refractivity contribution in [2.24, 2.45) is 0 Å². The summed E-state index contributed by atoms with van der Waals surface area (Å²) in [4.78, 5) is 15.5. The number of fused-ring (bicyclic) bond motifs is 10. The Bertz CT molecular complexity index is 2800. The minimum Gasteiger partial charge on any atom is -0.484 e. The summed E-state index contributed by atoms with van der Waals surface area (Å²) in [6.45, 7) is 4.60. The lowest BCUT2D eigenvalue weighted by molar-refractivity contribution is 0.225. The van der Waals surface area contributed by atoms with Gasteiger partial charge in [-0.3, -0.25) is 0 Å². The summed E-state index contributed by atoms with van der Waals surface area (Å²) in [5.41, 5.74) is 13.6. The molecule has 0 fully saturated rings. The molecule has 6 aromatic carbocycles. The van der Waals surface area contributed by atoms with Crippen molar-refractivity contribution in [1.29, 1.82) is 0 Å². The van der Waals surface area contributed by atoms with E-state index in [2.05, 4.69) is 158 Å². The van der Waals surface area contributed by atoms with E-state index in [9.17, 15) is 0 Å². The van der Waals surface area contributed by atoms with Crippen LogP contribution in [0.2, 0.25) is 0 Å².